The first-order valence-corrected chi connectivity index (χ1v) is 7.25. The van der Waals surface area contributed by atoms with Crippen molar-refractivity contribution < 1.29 is 5.11 Å². The van der Waals surface area contributed by atoms with E-state index in [2.05, 4.69) is 16.4 Å². The number of thiazole rings is 1. The molecule has 0 amide bonds. The van der Waals surface area contributed by atoms with Crippen molar-refractivity contribution in [3.05, 3.63) is 51.5 Å². The highest BCUT2D eigenvalue weighted by Crippen LogP contribution is 2.20. The summed E-state index contributed by atoms with van der Waals surface area (Å²) in [5.41, 5.74) is 1.40. The smallest absolute Gasteiger partial charge is 0.109 e. The molecule has 1 aromatic heterocycles. The average Bonchev–Trinajstić information content (AvgIpc) is 2.91. The van der Waals surface area contributed by atoms with Gasteiger partial charge in [0.2, 0.25) is 0 Å². The number of hydrogen-bond acceptors (Lipinski definition) is 5. The minimum Gasteiger partial charge on any atom is -0.387 e. The Balaban J connectivity index is 1.91. The second-order valence-corrected chi connectivity index (χ2v) is 5.96. The normalized spacial score (nSPS) is 13.7. The molecule has 0 saturated heterocycles. The van der Waals surface area contributed by atoms with Gasteiger partial charge in [0.1, 0.15) is 5.01 Å². The van der Waals surface area contributed by atoms with Crippen LogP contribution in [0.2, 0.25) is 0 Å². The van der Waals surface area contributed by atoms with Gasteiger partial charge in [-0.2, -0.15) is 5.26 Å². The van der Waals surface area contributed by atoms with Crippen molar-refractivity contribution in [2.24, 2.45) is 0 Å². The molecule has 2 unspecified atom stereocenters. The van der Waals surface area contributed by atoms with Gasteiger partial charge < -0.3 is 10.4 Å². The van der Waals surface area contributed by atoms with E-state index in [1.54, 1.807) is 35.6 Å². The molecule has 0 aliphatic carbocycles. The second-order valence-electron chi connectivity index (χ2n) is 4.69. The zero-order valence-electron chi connectivity index (χ0n) is 11.5. The van der Waals surface area contributed by atoms with Gasteiger partial charge in [0.25, 0.3) is 0 Å². The molecule has 0 aliphatic rings. The van der Waals surface area contributed by atoms with E-state index >= 15 is 0 Å². The van der Waals surface area contributed by atoms with Crippen LogP contribution < -0.4 is 5.32 Å². The van der Waals surface area contributed by atoms with E-state index in [4.69, 9.17) is 5.26 Å². The monoisotopic (exact) mass is 287 g/mol. The molecule has 2 aromatic rings. The third kappa shape index (κ3) is 3.64. The second kappa shape index (κ2) is 6.62. The summed E-state index contributed by atoms with van der Waals surface area (Å²) >= 11 is 1.66. The van der Waals surface area contributed by atoms with E-state index < -0.39 is 6.10 Å². The van der Waals surface area contributed by atoms with Crippen molar-refractivity contribution in [2.75, 3.05) is 6.54 Å². The molecule has 0 spiro atoms. The number of aryl methyl sites for hydroxylation is 1. The van der Waals surface area contributed by atoms with Crippen molar-refractivity contribution in [3.63, 3.8) is 0 Å². The molecule has 5 heteroatoms. The lowest BCUT2D eigenvalue weighted by atomic mass is 10.1. The Hall–Kier alpha value is -1.74. The Morgan fingerprint density at radius 1 is 1.40 bits per heavy atom. The molecule has 0 aliphatic heterocycles. The molecule has 2 N–H and O–H groups in total. The highest BCUT2D eigenvalue weighted by atomic mass is 32.1. The lowest BCUT2D eigenvalue weighted by Gasteiger charge is -2.15. The summed E-state index contributed by atoms with van der Waals surface area (Å²) in [5.74, 6) is 0. The van der Waals surface area contributed by atoms with E-state index in [9.17, 15) is 5.11 Å². The fourth-order valence-corrected chi connectivity index (χ4v) is 2.65. The Kier molecular flexibility index (Phi) is 4.85. The molecule has 20 heavy (non-hydrogen) atoms. The van der Waals surface area contributed by atoms with Crippen LogP contribution in [0.4, 0.5) is 0 Å². The minimum absolute atomic E-state index is 0.113. The summed E-state index contributed by atoms with van der Waals surface area (Å²) in [6.07, 6.45) is 1.26. The number of aliphatic hydroxyl groups excluding tert-OH is 1. The number of aromatic nitrogens is 1. The van der Waals surface area contributed by atoms with Crippen molar-refractivity contribution in [1.82, 2.24) is 10.3 Å². The van der Waals surface area contributed by atoms with Crippen LogP contribution in [0.25, 0.3) is 0 Å². The highest BCUT2D eigenvalue weighted by molar-refractivity contribution is 7.11. The number of nitriles is 1. The Morgan fingerprint density at radius 3 is 2.65 bits per heavy atom. The first-order valence-electron chi connectivity index (χ1n) is 6.44. The van der Waals surface area contributed by atoms with Gasteiger partial charge in [-0.25, -0.2) is 4.98 Å². The first-order chi connectivity index (χ1) is 9.60. The Labute approximate surface area is 122 Å². The summed E-state index contributed by atoms with van der Waals surface area (Å²) in [7, 11) is 0. The van der Waals surface area contributed by atoms with Crippen molar-refractivity contribution in [1.29, 1.82) is 5.26 Å². The van der Waals surface area contributed by atoms with Gasteiger partial charge in [0.15, 0.2) is 0 Å². The summed E-state index contributed by atoms with van der Waals surface area (Å²) in [5, 5.41) is 23.2. The molecular formula is C15H17N3OS. The van der Waals surface area contributed by atoms with Crippen LogP contribution in [0, 0.1) is 18.3 Å². The van der Waals surface area contributed by atoms with Gasteiger partial charge in [-0.15, -0.1) is 11.3 Å². The molecule has 2 rings (SSSR count). The lowest BCUT2D eigenvalue weighted by Crippen LogP contribution is -2.24. The first kappa shape index (κ1) is 14.7. The van der Waals surface area contributed by atoms with E-state index in [1.807, 2.05) is 20.0 Å². The van der Waals surface area contributed by atoms with Crippen LogP contribution in [0.15, 0.2) is 30.5 Å². The summed E-state index contributed by atoms with van der Waals surface area (Å²) in [6.45, 7) is 4.51. The molecule has 2 atom stereocenters. The van der Waals surface area contributed by atoms with Crippen LogP contribution in [0.1, 0.15) is 40.1 Å². The zero-order valence-corrected chi connectivity index (χ0v) is 12.3. The predicted octanol–water partition coefficient (Wildman–Crippen LogP) is 2.71. The van der Waals surface area contributed by atoms with Gasteiger partial charge >= 0.3 is 0 Å². The largest absolute Gasteiger partial charge is 0.387 e. The van der Waals surface area contributed by atoms with Crippen molar-refractivity contribution in [2.45, 2.75) is 26.0 Å². The molecule has 0 bridgehead atoms. The predicted molar refractivity (Wildman–Crippen MR) is 79.4 cm³/mol. The standard InChI is InChI=1S/C15H17N3OS/c1-10-8-18-15(20-10)11(2)17-9-14(19)13-5-3-12(7-16)4-6-13/h3-6,8,11,14,17,19H,9H2,1-2H3. The number of hydrogen-bond donors (Lipinski definition) is 2. The quantitative estimate of drug-likeness (QED) is 0.887. The SMILES string of the molecule is Cc1cnc(C(C)NCC(O)c2ccc(C#N)cc2)s1. The fraction of sp³-hybridized carbons (Fsp3) is 0.333. The fourth-order valence-electron chi connectivity index (χ4n) is 1.85. The van der Waals surface area contributed by atoms with Gasteiger partial charge in [-0.3, -0.25) is 0 Å². The lowest BCUT2D eigenvalue weighted by molar-refractivity contribution is 0.171. The minimum atomic E-state index is -0.591. The van der Waals surface area contributed by atoms with Crippen LogP contribution in [0.3, 0.4) is 0 Å². The van der Waals surface area contributed by atoms with Crippen LogP contribution >= 0.6 is 11.3 Å². The molecule has 1 aromatic carbocycles. The van der Waals surface area contributed by atoms with E-state index in [0.717, 1.165) is 10.6 Å². The maximum atomic E-state index is 10.1. The van der Waals surface area contributed by atoms with Crippen LogP contribution in [-0.4, -0.2) is 16.6 Å². The number of benzene rings is 1. The summed E-state index contributed by atoms with van der Waals surface area (Å²) in [4.78, 5) is 5.51. The summed E-state index contributed by atoms with van der Waals surface area (Å²) < 4.78 is 0. The molecule has 0 saturated carbocycles. The molecular weight excluding hydrogens is 270 g/mol. The van der Waals surface area contributed by atoms with Gasteiger partial charge in [0, 0.05) is 17.6 Å². The number of rotatable bonds is 5. The van der Waals surface area contributed by atoms with Gasteiger partial charge in [0.05, 0.1) is 23.8 Å². The van der Waals surface area contributed by atoms with Gasteiger partial charge in [-0.05, 0) is 31.5 Å². The van der Waals surface area contributed by atoms with Gasteiger partial charge in [-0.1, -0.05) is 12.1 Å². The Morgan fingerprint density at radius 2 is 2.10 bits per heavy atom. The van der Waals surface area contributed by atoms with Crippen molar-refractivity contribution >= 4 is 11.3 Å². The van der Waals surface area contributed by atoms with Crippen molar-refractivity contribution in [3.8, 4) is 6.07 Å². The molecule has 0 radical (unpaired) electrons. The number of aliphatic hydroxyl groups is 1. The molecule has 1 heterocycles. The van der Waals surface area contributed by atoms with E-state index in [-0.39, 0.29) is 6.04 Å². The van der Waals surface area contributed by atoms with Crippen LogP contribution in [0.5, 0.6) is 0 Å². The third-order valence-electron chi connectivity index (χ3n) is 3.05. The topological polar surface area (TPSA) is 68.9 Å². The summed E-state index contributed by atoms with van der Waals surface area (Å²) in [6, 6.07) is 9.17. The highest BCUT2D eigenvalue weighted by Gasteiger charge is 2.12. The third-order valence-corrected chi connectivity index (χ3v) is 4.15. The zero-order chi connectivity index (χ0) is 14.5. The number of nitrogens with zero attached hydrogens (tertiary/aromatic N) is 2. The molecule has 4 nitrogen and oxygen atoms in total. The average molecular weight is 287 g/mol. The molecule has 0 fully saturated rings. The Bertz CT molecular complexity index is 600. The number of nitrogens with one attached hydrogen (secondary N) is 1. The maximum Gasteiger partial charge on any atom is 0.109 e. The van der Waals surface area contributed by atoms with Crippen LogP contribution in [-0.2, 0) is 0 Å². The van der Waals surface area contributed by atoms with E-state index in [1.165, 1.54) is 4.88 Å². The molecule has 104 valence electrons. The van der Waals surface area contributed by atoms with E-state index in [0.29, 0.717) is 12.1 Å². The maximum absolute atomic E-state index is 10.1.